The van der Waals surface area contributed by atoms with Crippen molar-refractivity contribution in [3.8, 4) is 0 Å². The Kier molecular flexibility index (Phi) is 4.98. The van der Waals surface area contributed by atoms with E-state index in [2.05, 4.69) is 17.3 Å². The van der Waals surface area contributed by atoms with Crippen LogP contribution in [0.25, 0.3) is 0 Å². The van der Waals surface area contributed by atoms with E-state index < -0.39 is 18.4 Å². The minimum atomic E-state index is -1.33. The van der Waals surface area contributed by atoms with E-state index in [4.69, 9.17) is 4.42 Å². The number of hydrogen-bond donors (Lipinski definition) is 2. The zero-order valence-corrected chi connectivity index (χ0v) is 12.4. The third-order valence-corrected chi connectivity index (χ3v) is 3.74. The van der Waals surface area contributed by atoms with E-state index in [0.29, 0.717) is 5.76 Å². The molecular weight excluding hydrogens is 274 g/mol. The second-order valence-corrected chi connectivity index (χ2v) is 5.48. The number of quaternary nitrogens is 1. The Balaban J connectivity index is 1.95. The topological polar surface area (TPSA) is 90.0 Å². The standard InChI is InChI=1S/C14H21N3O4/c1-10-11(9-17-5-3-16(2)4-6-17)7-12(21-10)14(20)15-8-13(18)19/h7H,3-6,8-9H2,1-2H3,(H,15,20)(H,18,19). The summed E-state index contributed by atoms with van der Waals surface area (Å²) in [7, 11) is 2.18. The van der Waals surface area contributed by atoms with E-state index in [0.717, 1.165) is 38.3 Å². The molecule has 0 atom stereocenters. The third kappa shape index (κ3) is 4.30. The normalized spacial score (nSPS) is 16.9. The second-order valence-electron chi connectivity index (χ2n) is 5.48. The molecule has 1 aliphatic rings. The van der Waals surface area contributed by atoms with Crippen molar-refractivity contribution in [1.82, 2.24) is 10.2 Å². The van der Waals surface area contributed by atoms with Gasteiger partial charge in [0.1, 0.15) is 5.76 Å². The van der Waals surface area contributed by atoms with Crippen molar-refractivity contribution in [3.63, 3.8) is 0 Å². The van der Waals surface area contributed by atoms with E-state index in [1.54, 1.807) is 6.07 Å². The van der Waals surface area contributed by atoms with Crippen LogP contribution in [0, 0.1) is 6.92 Å². The van der Waals surface area contributed by atoms with Crippen LogP contribution in [0.3, 0.4) is 0 Å². The van der Waals surface area contributed by atoms with Crippen LogP contribution in [-0.4, -0.2) is 56.5 Å². The molecule has 0 aliphatic carbocycles. The third-order valence-electron chi connectivity index (χ3n) is 3.74. The van der Waals surface area contributed by atoms with Gasteiger partial charge >= 0.3 is 0 Å². The lowest BCUT2D eigenvalue weighted by Crippen LogP contribution is -3.11. The van der Waals surface area contributed by atoms with E-state index >= 15 is 0 Å². The summed E-state index contributed by atoms with van der Waals surface area (Å²) >= 11 is 0. The molecule has 1 aromatic rings. The van der Waals surface area contributed by atoms with Gasteiger partial charge in [0.15, 0.2) is 5.76 Å². The average molecular weight is 295 g/mol. The van der Waals surface area contributed by atoms with Crippen LogP contribution < -0.4 is 15.3 Å². The maximum Gasteiger partial charge on any atom is 0.287 e. The van der Waals surface area contributed by atoms with Crippen molar-refractivity contribution in [2.75, 3.05) is 39.8 Å². The monoisotopic (exact) mass is 295 g/mol. The van der Waals surface area contributed by atoms with Gasteiger partial charge in [-0.15, -0.1) is 0 Å². The van der Waals surface area contributed by atoms with Gasteiger partial charge in [0, 0.05) is 25.2 Å². The summed E-state index contributed by atoms with van der Waals surface area (Å²) in [5.74, 6) is -1.02. The molecule has 0 saturated carbocycles. The average Bonchev–Trinajstić information content (AvgIpc) is 2.80. The SMILES string of the molecule is Cc1oc(C(=O)NCC(=O)[O-])cc1CN1CC[NH+](C)CC1. The minimum absolute atomic E-state index is 0.142. The lowest BCUT2D eigenvalue weighted by atomic mass is 10.2. The molecule has 0 spiro atoms. The fourth-order valence-electron chi connectivity index (χ4n) is 2.36. The number of furan rings is 1. The van der Waals surface area contributed by atoms with Crippen LogP contribution >= 0.6 is 0 Å². The first kappa shape index (κ1) is 15.5. The first-order chi connectivity index (χ1) is 9.95. The largest absolute Gasteiger partial charge is 0.548 e. The Hall–Kier alpha value is -1.86. The van der Waals surface area contributed by atoms with Crippen molar-refractivity contribution >= 4 is 11.9 Å². The van der Waals surface area contributed by atoms with Crippen molar-refractivity contribution in [1.29, 1.82) is 0 Å². The minimum Gasteiger partial charge on any atom is -0.548 e. The van der Waals surface area contributed by atoms with Gasteiger partial charge in [0.2, 0.25) is 0 Å². The fraction of sp³-hybridized carbons (Fsp3) is 0.571. The summed E-state index contributed by atoms with van der Waals surface area (Å²) in [5.41, 5.74) is 0.966. The number of aryl methyl sites for hydroxylation is 1. The molecule has 7 heteroatoms. The molecule has 2 heterocycles. The lowest BCUT2D eigenvalue weighted by Gasteiger charge is -2.29. The maximum atomic E-state index is 11.7. The van der Waals surface area contributed by atoms with Crippen molar-refractivity contribution < 1.29 is 24.0 Å². The van der Waals surface area contributed by atoms with E-state index in [1.807, 2.05) is 6.92 Å². The molecule has 2 N–H and O–H groups in total. The highest BCUT2D eigenvalue weighted by Gasteiger charge is 2.20. The van der Waals surface area contributed by atoms with Gasteiger partial charge in [0.05, 0.1) is 32.7 Å². The van der Waals surface area contributed by atoms with Gasteiger partial charge in [-0.25, -0.2) is 0 Å². The summed E-state index contributed by atoms with van der Waals surface area (Å²) in [6, 6.07) is 1.69. The molecule has 1 saturated heterocycles. The number of nitrogens with zero attached hydrogens (tertiary/aromatic N) is 1. The molecule has 1 aliphatic heterocycles. The Morgan fingerprint density at radius 2 is 2.10 bits per heavy atom. The van der Waals surface area contributed by atoms with E-state index in [9.17, 15) is 14.7 Å². The molecule has 7 nitrogen and oxygen atoms in total. The molecule has 0 radical (unpaired) electrons. The number of amides is 1. The van der Waals surface area contributed by atoms with Crippen LogP contribution in [-0.2, 0) is 11.3 Å². The van der Waals surface area contributed by atoms with Crippen LogP contribution in [0.5, 0.6) is 0 Å². The molecule has 0 unspecified atom stereocenters. The van der Waals surface area contributed by atoms with Gasteiger partial charge in [-0.2, -0.15) is 0 Å². The van der Waals surface area contributed by atoms with Crippen molar-refractivity contribution in [2.45, 2.75) is 13.5 Å². The van der Waals surface area contributed by atoms with Crippen LogP contribution in [0.4, 0.5) is 0 Å². The molecule has 1 fully saturated rings. The van der Waals surface area contributed by atoms with E-state index in [1.165, 1.54) is 4.90 Å². The summed E-state index contributed by atoms with van der Waals surface area (Å²) in [5, 5.41) is 12.6. The number of rotatable bonds is 5. The maximum absolute atomic E-state index is 11.7. The number of aliphatic carboxylic acids is 1. The van der Waals surface area contributed by atoms with Gasteiger partial charge in [-0.3, -0.25) is 9.69 Å². The number of likely N-dealkylation sites (N-methyl/N-ethyl adjacent to an activating group) is 1. The first-order valence-corrected chi connectivity index (χ1v) is 7.06. The van der Waals surface area contributed by atoms with Crippen LogP contribution in [0.1, 0.15) is 21.9 Å². The van der Waals surface area contributed by atoms with Gasteiger partial charge < -0.3 is 24.5 Å². The Morgan fingerprint density at radius 3 is 2.71 bits per heavy atom. The zero-order valence-electron chi connectivity index (χ0n) is 12.4. The van der Waals surface area contributed by atoms with Gasteiger partial charge in [0.25, 0.3) is 5.91 Å². The van der Waals surface area contributed by atoms with E-state index in [-0.39, 0.29) is 5.76 Å². The molecule has 116 valence electrons. The Bertz CT molecular complexity index is 518. The van der Waals surface area contributed by atoms with Crippen LogP contribution in [0.2, 0.25) is 0 Å². The number of carboxylic acids is 1. The van der Waals surface area contributed by atoms with Gasteiger partial charge in [-0.1, -0.05) is 0 Å². The van der Waals surface area contributed by atoms with Crippen molar-refractivity contribution in [3.05, 3.63) is 23.2 Å². The number of nitrogens with one attached hydrogen (secondary N) is 2. The predicted molar refractivity (Wildman–Crippen MR) is 72.7 cm³/mol. The molecular formula is C14H21N3O4. The summed E-state index contributed by atoms with van der Waals surface area (Å²) in [4.78, 5) is 25.9. The summed E-state index contributed by atoms with van der Waals surface area (Å²) in [6.45, 7) is 6.29. The highest BCUT2D eigenvalue weighted by Crippen LogP contribution is 2.16. The number of carboxylic acid groups (broad SMARTS) is 1. The highest BCUT2D eigenvalue weighted by atomic mass is 16.4. The molecule has 21 heavy (non-hydrogen) atoms. The number of carbonyl (C=O) groups excluding carboxylic acids is 2. The molecule has 0 bridgehead atoms. The second kappa shape index (κ2) is 6.73. The Labute approximate surface area is 123 Å². The Morgan fingerprint density at radius 1 is 1.43 bits per heavy atom. The molecule has 2 rings (SSSR count). The fourth-order valence-corrected chi connectivity index (χ4v) is 2.36. The number of piperazine rings is 1. The summed E-state index contributed by atoms with van der Waals surface area (Å²) < 4.78 is 5.41. The summed E-state index contributed by atoms with van der Waals surface area (Å²) in [6.07, 6.45) is 0. The zero-order chi connectivity index (χ0) is 15.4. The number of hydrogen-bond acceptors (Lipinski definition) is 5. The molecule has 1 aromatic heterocycles. The van der Waals surface area contributed by atoms with Crippen molar-refractivity contribution in [2.24, 2.45) is 0 Å². The molecule has 0 aromatic carbocycles. The predicted octanol–water partition coefficient (Wildman–Crippen LogP) is -2.60. The lowest BCUT2D eigenvalue weighted by molar-refractivity contribution is -0.884. The molecule has 1 amide bonds. The highest BCUT2D eigenvalue weighted by molar-refractivity contribution is 5.93. The quantitative estimate of drug-likeness (QED) is 0.622. The smallest absolute Gasteiger partial charge is 0.287 e. The first-order valence-electron chi connectivity index (χ1n) is 7.06. The number of carbonyl (C=O) groups is 2. The van der Waals surface area contributed by atoms with Crippen LogP contribution in [0.15, 0.2) is 10.5 Å². The van der Waals surface area contributed by atoms with Gasteiger partial charge in [-0.05, 0) is 13.0 Å².